The Morgan fingerprint density at radius 1 is 0.794 bits per heavy atom. The number of methoxy groups -OCH3 is 2. The van der Waals surface area contributed by atoms with Crippen LogP contribution in [0.2, 0.25) is 0 Å². The molecule has 0 aliphatic heterocycles. The molecular weight excluding hydrogens is 436 g/mol. The molecule has 1 aromatic heterocycles. The second-order valence-corrected chi connectivity index (χ2v) is 7.68. The van der Waals surface area contributed by atoms with Gasteiger partial charge >= 0.3 is 5.97 Å². The molecule has 0 saturated heterocycles. The van der Waals surface area contributed by atoms with Gasteiger partial charge in [0.05, 0.1) is 14.2 Å². The van der Waals surface area contributed by atoms with Crippen molar-refractivity contribution in [1.82, 2.24) is 9.97 Å². The van der Waals surface area contributed by atoms with Gasteiger partial charge in [-0.2, -0.15) is 0 Å². The van der Waals surface area contributed by atoms with Crippen LogP contribution in [0.1, 0.15) is 36.0 Å². The van der Waals surface area contributed by atoms with E-state index in [-0.39, 0.29) is 35.3 Å². The van der Waals surface area contributed by atoms with Gasteiger partial charge in [0, 0.05) is 19.3 Å². The van der Waals surface area contributed by atoms with Crippen molar-refractivity contribution in [2.45, 2.75) is 25.7 Å². The number of nitrogens with one attached hydrogen (secondary N) is 2. The molecule has 0 amide bonds. The molecule has 3 aromatic rings. The quantitative estimate of drug-likeness (QED) is 0.461. The Morgan fingerprint density at radius 2 is 1.32 bits per heavy atom. The van der Waals surface area contributed by atoms with Crippen LogP contribution in [0.5, 0.6) is 5.75 Å². The Bertz CT molecular complexity index is 1380. The number of ketones is 1. The summed E-state index contributed by atoms with van der Waals surface area (Å²) in [5.74, 6) is 0.399. The van der Waals surface area contributed by atoms with Crippen molar-refractivity contribution >= 4 is 23.9 Å². The zero-order valence-electron chi connectivity index (χ0n) is 19.1. The van der Waals surface area contributed by atoms with Crippen LogP contribution in [0.25, 0.3) is 12.2 Å². The molecule has 0 aliphatic rings. The van der Waals surface area contributed by atoms with Crippen molar-refractivity contribution in [3.05, 3.63) is 96.6 Å². The average molecular weight is 463 g/mol. The number of Topliss-reactive ketones (excluding diaryl/α,β-unsaturated/α-hetero) is 1. The molecule has 2 N–H and O–H groups in total. The number of esters is 1. The lowest BCUT2D eigenvalue weighted by Gasteiger charge is -2.02. The highest BCUT2D eigenvalue weighted by atomic mass is 16.5. The number of aromatic amines is 2. The normalized spacial score (nSPS) is 11.9. The van der Waals surface area contributed by atoms with E-state index in [0.29, 0.717) is 24.2 Å². The van der Waals surface area contributed by atoms with Gasteiger partial charge < -0.3 is 19.4 Å². The van der Waals surface area contributed by atoms with Crippen molar-refractivity contribution < 1.29 is 19.1 Å². The lowest BCUT2D eigenvalue weighted by Crippen LogP contribution is -2.46. The molecule has 8 nitrogen and oxygen atoms in total. The van der Waals surface area contributed by atoms with E-state index in [1.54, 1.807) is 67.8 Å². The molecule has 34 heavy (non-hydrogen) atoms. The standard InChI is InChI=1S/C26H26N2O6/c1-33-21-12-10-19(11-13-21)16-23-26(32)27-22(25(31)28-23)15-18-8-6-17(7-9-18)14-20(29)4-3-5-24(30)34-2/h6-13,15-16H,3-5,14H2,1-2H3,(H,27,32)(H,28,31)/b22-15-,23-16-. The first-order valence-corrected chi connectivity index (χ1v) is 10.8. The predicted molar refractivity (Wildman–Crippen MR) is 128 cm³/mol. The number of hydrogen-bond acceptors (Lipinski definition) is 6. The summed E-state index contributed by atoms with van der Waals surface area (Å²) < 4.78 is 9.67. The molecule has 1 heterocycles. The van der Waals surface area contributed by atoms with Crippen molar-refractivity contribution in [2.75, 3.05) is 14.2 Å². The van der Waals surface area contributed by atoms with Crippen LogP contribution in [0.15, 0.2) is 58.1 Å². The van der Waals surface area contributed by atoms with E-state index in [0.717, 1.165) is 11.1 Å². The summed E-state index contributed by atoms with van der Waals surface area (Å²) in [5.41, 5.74) is 1.43. The van der Waals surface area contributed by atoms with Gasteiger partial charge in [0.25, 0.3) is 11.1 Å². The Balaban J connectivity index is 1.73. The number of carbonyl (C=O) groups is 2. The minimum absolute atomic E-state index is 0.0325. The molecule has 0 spiro atoms. The molecule has 0 radical (unpaired) electrons. The molecule has 3 rings (SSSR count). The van der Waals surface area contributed by atoms with E-state index in [2.05, 4.69) is 14.7 Å². The van der Waals surface area contributed by atoms with E-state index in [4.69, 9.17) is 4.74 Å². The summed E-state index contributed by atoms with van der Waals surface area (Å²) in [5, 5.41) is 0.275. The van der Waals surface area contributed by atoms with Gasteiger partial charge in [0.15, 0.2) is 0 Å². The van der Waals surface area contributed by atoms with Gasteiger partial charge in [-0.1, -0.05) is 36.4 Å². The second-order valence-electron chi connectivity index (χ2n) is 7.68. The summed E-state index contributed by atoms with van der Waals surface area (Å²) in [4.78, 5) is 53.4. The molecule has 0 saturated carbocycles. The van der Waals surface area contributed by atoms with Crippen molar-refractivity contribution in [3.63, 3.8) is 0 Å². The topological polar surface area (TPSA) is 118 Å². The fourth-order valence-electron chi connectivity index (χ4n) is 3.31. The first-order valence-electron chi connectivity index (χ1n) is 10.8. The molecule has 8 heteroatoms. The number of H-pyrrole nitrogens is 2. The maximum atomic E-state index is 12.5. The van der Waals surface area contributed by atoms with Crippen molar-refractivity contribution in [2.24, 2.45) is 0 Å². The minimum atomic E-state index is -0.427. The van der Waals surface area contributed by atoms with E-state index in [1.165, 1.54) is 7.11 Å². The van der Waals surface area contributed by atoms with Gasteiger partial charge in [-0.25, -0.2) is 0 Å². The Morgan fingerprint density at radius 3 is 1.82 bits per heavy atom. The van der Waals surface area contributed by atoms with E-state index < -0.39 is 11.1 Å². The Labute approximate surface area is 195 Å². The van der Waals surface area contributed by atoms with Gasteiger partial charge in [-0.15, -0.1) is 0 Å². The second kappa shape index (κ2) is 11.6. The van der Waals surface area contributed by atoms with Gasteiger partial charge in [-0.05, 0) is 47.4 Å². The van der Waals surface area contributed by atoms with Gasteiger partial charge in [0.2, 0.25) is 0 Å². The molecule has 0 atom stereocenters. The third-order valence-corrected chi connectivity index (χ3v) is 5.17. The third kappa shape index (κ3) is 6.90. The van der Waals surface area contributed by atoms with E-state index in [1.807, 2.05) is 0 Å². The van der Waals surface area contributed by atoms with Crippen LogP contribution >= 0.6 is 0 Å². The number of aromatic nitrogens is 2. The summed E-state index contributed by atoms with van der Waals surface area (Å²) in [6, 6.07) is 14.2. The predicted octanol–water partition coefficient (Wildman–Crippen LogP) is 1.18. The number of rotatable bonds is 9. The molecule has 0 bridgehead atoms. The Kier molecular flexibility index (Phi) is 8.34. The highest BCUT2D eigenvalue weighted by Gasteiger charge is 2.07. The Hall–Kier alpha value is -4.20. The van der Waals surface area contributed by atoms with Crippen LogP contribution < -0.4 is 26.6 Å². The largest absolute Gasteiger partial charge is 0.497 e. The van der Waals surface area contributed by atoms with Crippen LogP contribution in [0.4, 0.5) is 0 Å². The molecule has 0 unspecified atom stereocenters. The summed E-state index contributed by atoms with van der Waals surface area (Å²) in [6.07, 6.45) is 4.40. The zero-order valence-corrected chi connectivity index (χ0v) is 19.1. The average Bonchev–Trinajstić information content (AvgIpc) is 2.83. The SMILES string of the molecule is COC(=O)CCCC(=O)Cc1ccc(/C=c2\[nH]c(=O)/c(=C/c3ccc(OC)cc3)[nH]c2=O)cc1. The first-order chi connectivity index (χ1) is 16.4. The summed E-state index contributed by atoms with van der Waals surface area (Å²) >= 11 is 0. The van der Waals surface area contributed by atoms with Gasteiger partial charge in [0.1, 0.15) is 22.2 Å². The first kappa shape index (κ1) is 24.4. The van der Waals surface area contributed by atoms with Crippen LogP contribution in [0, 0.1) is 0 Å². The summed E-state index contributed by atoms with van der Waals surface area (Å²) in [7, 11) is 2.89. The number of carbonyl (C=O) groups excluding carboxylic acids is 2. The lowest BCUT2D eigenvalue weighted by atomic mass is 10.0. The lowest BCUT2D eigenvalue weighted by molar-refractivity contribution is -0.140. The smallest absolute Gasteiger partial charge is 0.305 e. The van der Waals surface area contributed by atoms with Crippen LogP contribution in [-0.4, -0.2) is 35.9 Å². The highest BCUT2D eigenvalue weighted by Crippen LogP contribution is 2.11. The fourth-order valence-corrected chi connectivity index (χ4v) is 3.31. The molecule has 0 fully saturated rings. The van der Waals surface area contributed by atoms with Crippen molar-refractivity contribution in [1.29, 1.82) is 0 Å². The zero-order chi connectivity index (χ0) is 24.5. The molecule has 2 aromatic carbocycles. The van der Waals surface area contributed by atoms with Crippen molar-refractivity contribution in [3.8, 4) is 5.75 Å². The van der Waals surface area contributed by atoms with Crippen LogP contribution in [-0.2, 0) is 20.7 Å². The van der Waals surface area contributed by atoms with Gasteiger partial charge in [-0.3, -0.25) is 19.2 Å². The minimum Gasteiger partial charge on any atom is -0.497 e. The third-order valence-electron chi connectivity index (χ3n) is 5.17. The maximum Gasteiger partial charge on any atom is 0.305 e. The molecule has 176 valence electrons. The monoisotopic (exact) mass is 462 g/mol. The highest BCUT2D eigenvalue weighted by molar-refractivity contribution is 5.81. The number of hydrogen-bond donors (Lipinski definition) is 2. The molecule has 0 aliphatic carbocycles. The van der Waals surface area contributed by atoms with Crippen LogP contribution in [0.3, 0.4) is 0 Å². The summed E-state index contributed by atoms with van der Waals surface area (Å²) in [6.45, 7) is 0. The molecular formula is C26H26N2O6. The van der Waals surface area contributed by atoms with E-state index in [9.17, 15) is 19.2 Å². The maximum absolute atomic E-state index is 12.5. The number of ether oxygens (including phenoxy) is 2. The fraction of sp³-hybridized carbons (Fsp3) is 0.231. The number of benzene rings is 2. The van der Waals surface area contributed by atoms with E-state index >= 15 is 0 Å².